The molecule has 1 unspecified atom stereocenters. The van der Waals surface area contributed by atoms with Crippen LogP contribution in [0, 0.1) is 0 Å². The van der Waals surface area contributed by atoms with Gasteiger partial charge in [-0.05, 0) is 72.8 Å². The number of pyridine rings is 1. The van der Waals surface area contributed by atoms with Crippen molar-refractivity contribution in [1.29, 1.82) is 0 Å². The molecule has 11 nitrogen and oxygen atoms in total. The predicted molar refractivity (Wildman–Crippen MR) is 200 cm³/mol. The van der Waals surface area contributed by atoms with Gasteiger partial charge in [-0.2, -0.15) is 0 Å². The largest absolute Gasteiger partial charge is 0.506 e. The Kier molecular flexibility index (Phi) is 12.0. The number of aromatic nitrogens is 1. The van der Waals surface area contributed by atoms with Crippen LogP contribution >= 0.6 is 0 Å². The Morgan fingerprint density at radius 3 is 2.41 bits per heavy atom. The zero-order valence-corrected chi connectivity index (χ0v) is 28.4. The number of aromatic hydroxyl groups is 1. The van der Waals surface area contributed by atoms with Crippen molar-refractivity contribution < 1.29 is 24.9 Å². The Bertz CT molecular complexity index is 1940. The number of piperidine rings is 1. The quantitative estimate of drug-likeness (QED) is 0.0773. The van der Waals surface area contributed by atoms with Crippen molar-refractivity contribution >= 4 is 28.4 Å². The van der Waals surface area contributed by atoms with Crippen LogP contribution in [0.1, 0.15) is 30.1 Å². The van der Waals surface area contributed by atoms with Crippen LogP contribution in [-0.4, -0.2) is 82.8 Å². The van der Waals surface area contributed by atoms with Crippen LogP contribution in [0.4, 0.5) is 16.2 Å². The van der Waals surface area contributed by atoms with E-state index in [1.54, 1.807) is 12.1 Å². The van der Waals surface area contributed by atoms with E-state index < -0.39 is 18.3 Å². The summed E-state index contributed by atoms with van der Waals surface area (Å²) in [5.74, 6) is -0.0355. The molecule has 6 rings (SSSR count). The summed E-state index contributed by atoms with van der Waals surface area (Å²) in [6.07, 6.45) is 0.187. The number of fused-ring (bicyclic) bond motifs is 1. The molecule has 11 heteroatoms. The van der Waals surface area contributed by atoms with Crippen molar-refractivity contribution in [2.75, 3.05) is 49.9 Å². The van der Waals surface area contributed by atoms with E-state index in [-0.39, 0.29) is 17.4 Å². The number of aliphatic hydroxyl groups excluding tert-OH is 2. The third-order valence-corrected chi connectivity index (χ3v) is 9.22. The Balaban J connectivity index is 0.866. The Morgan fingerprint density at radius 1 is 0.882 bits per heavy atom. The first kappa shape index (κ1) is 35.6. The molecule has 0 radical (unpaired) electrons. The maximum Gasteiger partial charge on any atom is 0.411 e. The number of β-amino-alcohol motifs (C(OH)–C–C–N with tert-alkyl or cyclic N) is 1. The molecular weight excluding hydrogens is 646 g/mol. The number of amides is 1. The molecule has 2 heterocycles. The summed E-state index contributed by atoms with van der Waals surface area (Å²) in [6.45, 7) is 3.40. The highest BCUT2D eigenvalue weighted by atomic mass is 16.6. The lowest BCUT2D eigenvalue weighted by atomic mass is 10.0. The molecule has 1 amide bonds. The summed E-state index contributed by atoms with van der Waals surface area (Å²) in [5.41, 5.74) is 5.36. The Morgan fingerprint density at radius 2 is 1.63 bits per heavy atom. The fourth-order valence-electron chi connectivity index (χ4n) is 6.48. The fraction of sp³-hybridized carbons (Fsp3) is 0.300. The van der Waals surface area contributed by atoms with Gasteiger partial charge in [0.1, 0.15) is 11.9 Å². The molecule has 2 atom stereocenters. The molecule has 1 aliphatic heterocycles. The van der Waals surface area contributed by atoms with E-state index in [1.165, 1.54) is 12.1 Å². The van der Waals surface area contributed by atoms with Crippen molar-refractivity contribution in [3.05, 3.63) is 125 Å². The minimum atomic E-state index is -0.808. The number of para-hydroxylation sites is 1. The van der Waals surface area contributed by atoms with E-state index in [0.29, 0.717) is 61.2 Å². The SMILES string of the molecule is O=C(Nc1ccccc1-c1ccccc1)OC1CCN(CC(O)CNc2ccc(CCNC[C@@H](O)c3ccc(O)c4[nH]c(=O)ccc34)cc2)CC1. The number of nitrogens with zero attached hydrogens (tertiary/aromatic N) is 1. The van der Waals surface area contributed by atoms with Crippen LogP contribution in [-0.2, 0) is 11.2 Å². The number of likely N-dealkylation sites (tertiary alicyclic amines) is 1. The molecule has 51 heavy (non-hydrogen) atoms. The Labute approximate surface area is 296 Å². The number of aromatic amines is 1. The molecule has 0 aliphatic carbocycles. The average molecular weight is 692 g/mol. The van der Waals surface area contributed by atoms with E-state index in [1.807, 2.05) is 78.9 Å². The Hall–Kier alpha value is -5.20. The zero-order valence-electron chi connectivity index (χ0n) is 28.4. The third kappa shape index (κ3) is 9.74. The molecule has 0 saturated carbocycles. The van der Waals surface area contributed by atoms with Crippen LogP contribution in [0.2, 0.25) is 0 Å². The fourth-order valence-corrected chi connectivity index (χ4v) is 6.48. The summed E-state index contributed by atoms with van der Waals surface area (Å²) < 4.78 is 5.75. The van der Waals surface area contributed by atoms with E-state index in [9.17, 15) is 24.9 Å². The molecular formula is C40H45N5O6. The van der Waals surface area contributed by atoms with Crippen molar-refractivity contribution in [2.24, 2.45) is 0 Å². The molecule has 5 aromatic rings. The molecule has 1 fully saturated rings. The second-order valence-electron chi connectivity index (χ2n) is 12.9. The summed E-state index contributed by atoms with van der Waals surface area (Å²) in [6, 6.07) is 31.8. The zero-order chi connectivity index (χ0) is 35.6. The number of hydrogen-bond donors (Lipinski definition) is 7. The molecule has 4 aromatic carbocycles. The highest BCUT2D eigenvalue weighted by Gasteiger charge is 2.24. The second-order valence-corrected chi connectivity index (χ2v) is 12.9. The second kappa shape index (κ2) is 17.1. The number of H-pyrrole nitrogens is 1. The van der Waals surface area contributed by atoms with Gasteiger partial charge in [0.15, 0.2) is 0 Å². The number of benzene rings is 4. The first-order chi connectivity index (χ1) is 24.8. The average Bonchev–Trinajstić information content (AvgIpc) is 3.14. The summed E-state index contributed by atoms with van der Waals surface area (Å²) in [7, 11) is 0. The van der Waals surface area contributed by atoms with Crippen molar-refractivity contribution in [1.82, 2.24) is 15.2 Å². The van der Waals surface area contributed by atoms with Gasteiger partial charge >= 0.3 is 6.09 Å². The summed E-state index contributed by atoms with van der Waals surface area (Å²) >= 11 is 0. The minimum absolute atomic E-state index is 0.0355. The summed E-state index contributed by atoms with van der Waals surface area (Å²) in [4.78, 5) is 29.2. The highest BCUT2D eigenvalue weighted by molar-refractivity contribution is 5.91. The highest BCUT2D eigenvalue weighted by Crippen LogP contribution is 2.29. The molecule has 266 valence electrons. The smallest absolute Gasteiger partial charge is 0.411 e. The normalized spacial score (nSPS) is 14.9. The number of hydrogen-bond acceptors (Lipinski definition) is 9. The molecule has 1 aliphatic rings. The first-order valence-corrected chi connectivity index (χ1v) is 17.4. The van der Waals surface area contributed by atoms with Crippen LogP contribution in [0.25, 0.3) is 22.0 Å². The van der Waals surface area contributed by atoms with Crippen LogP contribution in [0.15, 0.2) is 108 Å². The van der Waals surface area contributed by atoms with Crippen LogP contribution in [0.5, 0.6) is 5.75 Å². The first-order valence-electron chi connectivity index (χ1n) is 17.4. The van der Waals surface area contributed by atoms with Crippen LogP contribution in [0.3, 0.4) is 0 Å². The number of ether oxygens (including phenoxy) is 1. The van der Waals surface area contributed by atoms with Gasteiger partial charge < -0.3 is 40.6 Å². The predicted octanol–water partition coefficient (Wildman–Crippen LogP) is 5.25. The van der Waals surface area contributed by atoms with Gasteiger partial charge in [-0.1, -0.05) is 66.7 Å². The van der Waals surface area contributed by atoms with Gasteiger partial charge in [-0.15, -0.1) is 0 Å². The molecule has 7 N–H and O–H groups in total. The number of aliphatic hydroxyl groups is 2. The maximum atomic E-state index is 12.7. The topological polar surface area (TPSA) is 159 Å². The van der Waals surface area contributed by atoms with E-state index in [0.717, 1.165) is 41.9 Å². The molecule has 0 bridgehead atoms. The lowest BCUT2D eigenvalue weighted by molar-refractivity contribution is 0.0415. The number of phenolic OH excluding ortho intramolecular Hbond substituents is 1. The number of carbonyl (C=O) groups excluding carboxylic acids is 1. The van der Waals surface area contributed by atoms with E-state index >= 15 is 0 Å². The molecule has 1 aromatic heterocycles. The van der Waals surface area contributed by atoms with Gasteiger partial charge in [0.05, 0.1) is 23.4 Å². The number of nitrogens with one attached hydrogen (secondary N) is 4. The lowest BCUT2D eigenvalue weighted by Gasteiger charge is -2.32. The van der Waals surface area contributed by atoms with E-state index in [4.69, 9.17) is 4.74 Å². The number of rotatable bonds is 14. The van der Waals surface area contributed by atoms with Gasteiger partial charge in [-0.3, -0.25) is 10.1 Å². The third-order valence-electron chi connectivity index (χ3n) is 9.22. The van der Waals surface area contributed by atoms with Gasteiger partial charge in [0.25, 0.3) is 0 Å². The molecule has 1 saturated heterocycles. The van der Waals surface area contributed by atoms with Crippen molar-refractivity contribution in [3.63, 3.8) is 0 Å². The van der Waals surface area contributed by atoms with E-state index in [2.05, 4.69) is 25.8 Å². The molecule has 0 spiro atoms. The van der Waals surface area contributed by atoms with Gasteiger partial charge in [-0.25, -0.2) is 4.79 Å². The van der Waals surface area contributed by atoms with Gasteiger partial charge in [0.2, 0.25) is 5.56 Å². The van der Waals surface area contributed by atoms with Crippen molar-refractivity contribution in [2.45, 2.75) is 37.6 Å². The van der Waals surface area contributed by atoms with Gasteiger partial charge in [0, 0.05) is 55.4 Å². The summed E-state index contributed by atoms with van der Waals surface area (Å²) in [5, 5.41) is 41.7. The minimum Gasteiger partial charge on any atom is -0.506 e. The van der Waals surface area contributed by atoms with Crippen molar-refractivity contribution in [3.8, 4) is 16.9 Å². The standard InChI is InChI=1S/C40H45N5O6/c46-30(26-45-22-19-31(20-23-45)51-40(50)43-35-9-5-4-8-32(35)28-6-2-1-3-7-28)24-42-29-12-10-27(11-13-29)18-21-41-25-37(48)33-14-16-36(47)39-34(33)15-17-38(49)44-39/h1-17,30-31,37,41-42,46-48H,18-26H2,(H,43,50)(H,44,49)/t30?,37-/m1/s1. The monoisotopic (exact) mass is 691 g/mol. The number of anilines is 2. The number of carbonyl (C=O) groups is 1. The number of phenols is 1. The van der Waals surface area contributed by atoms with Crippen LogP contribution < -0.4 is 21.5 Å². The lowest BCUT2D eigenvalue weighted by Crippen LogP contribution is -2.43. The maximum absolute atomic E-state index is 12.7.